The number of hydrogen-bond donors (Lipinski definition) is 2. The minimum absolute atomic E-state index is 0.140. The average Bonchev–Trinajstić information content (AvgIpc) is 2.89. The Labute approximate surface area is 131 Å². The quantitative estimate of drug-likeness (QED) is 0.887. The van der Waals surface area contributed by atoms with Crippen molar-refractivity contribution < 1.29 is 23.1 Å². The molecular weight excluding hydrogens is 343 g/mol. The molecule has 0 aliphatic rings. The van der Waals surface area contributed by atoms with E-state index in [4.69, 9.17) is 11.6 Å². The summed E-state index contributed by atoms with van der Waals surface area (Å²) >= 11 is 6.37. The minimum atomic E-state index is -4.65. The molecule has 2 N–H and O–H groups in total. The molecule has 2 rings (SSSR count). The number of hydrogen-bond acceptors (Lipinski definition) is 5. The molecule has 0 saturated heterocycles. The second-order valence-electron chi connectivity index (χ2n) is 4.24. The van der Waals surface area contributed by atoms with Crippen molar-refractivity contribution in [2.24, 2.45) is 0 Å². The van der Waals surface area contributed by atoms with Gasteiger partial charge in [-0.3, -0.25) is 4.79 Å². The Kier molecular flexibility index (Phi) is 4.69. The van der Waals surface area contributed by atoms with Gasteiger partial charge in [-0.25, -0.2) is 9.97 Å². The lowest BCUT2D eigenvalue weighted by atomic mass is 10.2. The standard InChI is InChI=1S/C12H9ClF3N3O2S/c1-5(20)11-18-4-8(22-11)10(21)19-9-2-6(12(14,15)16)7(13)3-17-9/h2-5,20H,1H3,(H,17,19,21)/t5-/m1/s1. The van der Waals surface area contributed by atoms with Crippen LogP contribution >= 0.6 is 22.9 Å². The van der Waals surface area contributed by atoms with Crippen molar-refractivity contribution in [1.82, 2.24) is 9.97 Å². The van der Waals surface area contributed by atoms with Crippen molar-refractivity contribution in [2.75, 3.05) is 5.32 Å². The Morgan fingerprint density at radius 2 is 2.09 bits per heavy atom. The van der Waals surface area contributed by atoms with Gasteiger partial charge in [-0.1, -0.05) is 11.6 Å². The molecule has 5 nitrogen and oxygen atoms in total. The number of aliphatic hydroxyl groups excluding tert-OH is 1. The first-order chi connectivity index (χ1) is 10.2. The number of thiazole rings is 1. The van der Waals surface area contributed by atoms with Gasteiger partial charge in [0.15, 0.2) is 0 Å². The van der Waals surface area contributed by atoms with Gasteiger partial charge in [0.1, 0.15) is 21.8 Å². The first kappa shape index (κ1) is 16.7. The summed E-state index contributed by atoms with van der Waals surface area (Å²) < 4.78 is 38.2. The maximum Gasteiger partial charge on any atom is 0.418 e. The van der Waals surface area contributed by atoms with Crippen LogP contribution in [-0.4, -0.2) is 21.0 Å². The van der Waals surface area contributed by atoms with Gasteiger partial charge in [0.05, 0.1) is 16.8 Å². The van der Waals surface area contributed by atoms with Crippen LogP contribution in [0.15, 0.2) is 18.5 Å². The van der Waals surface area contributed by atoms with E-state index in [0.717, 1.165) is 17.5 Å². The number of nitrogens with zero attached hydrogens (tertiary/aromatic N) is 2. The van der Waals surface area contributed by atoms with Crippen LogP contribution in [0.4, 0.5) is 19.0 Å². The molecule has 1 amide bonds. The van der Waals surface area contributed by atoms with E-state index in [2.05, 4.69) is 15.3 Å². The van der Waals surface area contributed by atoms with Gasteiger partial charge in [-0.2, -0.15) is 13.2 Å². The third-order valence-electron chi connectivity index (χ3n) is 2.51. The zero-order valence-corrected chi connectivity index (χ0v) is 12.6. The first-order valence-corrected chi connectivity index (χ1v) is 7.06. The number of rotatable bonds is 3. The molecule has 0 bridgehead atoms. The maximum absolute atomic E-state index is 12.7. The Morgan fingerprint density at radius 1 is 1.41 bits per heavy atom. The molecule has 0 unspecified atom stereocenters. The van der Waals surface area contributed by atoms with E-state index in [1.807, 2.05) is 0 Å². The first-order valence-electron chi connectivity index (χ1n) is 5.86. The summed E-state index contributed by atoms with van der Waals surface area (Å²) in [5.41, 5.74) is -1.09. The number of carbonyl (C=O) groups is 1. The largest absolute Gasteiger partial charge is 0.418 e. The topological polar surface area (TPSA) is 75.1 Å². The van der Waals surface area contributed by atoms with E-state index in [-0.39, 0.29) is 10.7 Å². The second kappa shape index (κ2) is 6.19. The zero-order chi connectivity index (χ0) is 16.5. The lowest BCUT2D eigenvalue weighted by Gasteiger charge is -2.10. The molecule has 10 heteroatoms. The fourth-order valence-corrected chi connectivity index (χ4v) is 2.45. The molecule has 0 aliphatic heterocycles. The Bertz CT molecular complexity index is 703. The predicted octanol–water partition coefficient (Wildman–Crippen LogP) is 3.52. The molecule has 0 saturated carbocycles. The van der Waals surface area contributed by atoms with Gasteiger partial charge < -0.3 is 10.4 Å². The second-order valence-corrected chi connectivity index (χ2v) is 5.71. The Hall–Kier alpha value is -1.71. The molecule has 2 heterocycles. The van der Waals surface area contributed by atoms with Crippen molar-refractivity contribution in [3.63, 3.8) is 0 Å². The fourth-order valence-electron chi connectivity index (χ4n) is 1.49. The monoisotopic (exact) mass is 351 g/mol. The molecular formula is C12H9ClF3N3O2S. The number of halogens is 4. The Balaban J connectivity index is 2.21. The number of pyridine rings is 1. The zero-order valence-electron chi connectivity index (χ0n) is 11.0. The summed E-state index contributed by atoms with van der Waals surface area (Å²) in [4.78, 5) is 19.5. The summed E-state index contributed by atoms with van der Waals surface area (Å²) in [5.74, 6) is -0.957. The highest BCUT2D eigenvalue weighted by atomic mass is 35.5. The number of nitrogens with one attached hydrogen (secondary N) is 1. The molecule has 0 radical (unpaired) electrons. The van der Waals surface area contributed by atoms with Gasteiger partial charge in [-0.15, -0.1) is 11.3 Å². The molecule has 2 aromatic heterocycles. The average molecular weight is 352 g/mol. The van der Waals surface area contributed by atoms with Crippen LogP contribution in [0.5, 0.6) is 0 Å². The highest BCUT2D eigenvalue weighted by molar-refractivity contribution is 7.13. The highest BCUT2D eigenvalue weighted by Gasteiger charge is 2.34. The number of anilines is 1. The van der Waals surface area contributed by atoms with Crippen LogP contribution in [0.3, 0.4) is 0 Å². The molecule has 0 aromatic carbocycles. The molecule has 1 atom stereocenters. The maximum atomic E-state index is 12.7. The molecule has 0 aliphatic carbocycles. The van der Waals surface area contributed by atoms with Gasteiger partial charge in [0, 0.05) is 6.20 Å². The fraction of sp³-hybridized carbons (Fsp3) is 0.250. The third kappa shape index (κ3) is 3.73. The molecule has 22 heavy (non-hydrogen) atoms. The van der Waals surface area contributed by atoms with Crippen molar-refractivity contribution in [3.05, 3.63) is 38.9 Å². The van der Waals surface area contributed by atoms with Crippen LogP contribution in [-0.2, 0) is 6.18 Å². The van der Waals surface area contributed by atoms with Crippen molar-refractivity contribution in [2.45, 2.75) is 19.2 Å². The van der Waals surface area contributed by atoms with Gasteiger partial charge in [0.2, 0.25) is 0 Å². The van der Waals surface area contributed by atoms with Crippen LogP contribution < -0.4 is 5.32 Å². The minimum Gasteiger partial charge on any atom is -0.386 e. The summed E-state index contributed by atoms with van der Waals surface area (Å²) in [5, 5.41) is 11.3. The molecule has 118 valence electrons. The number of aliphatic hydroxyl groups is 1. The van der Waals surface area contributed by atoms with Gasteiger partial charge in [0.25, 0.3) is 5.91 Å². The van der Waals surface area contributed by atoms with Gasteiger partial charge >= 0.3 is 6.18 Å². The number of amides is 1. The van der Waals surface area contributed by atoms with Crippen molar-refractivity contribution >= 4 is 34.7 Å². The van der Waals surface area contributed by atoms with Crippen LogP contribution in [0, 0.1) is 0 Å². The number of aromatic nitrogens is 2. The SMILES string of the molecule is C[C@@H](O)c1ncc(C(=O)Nc2cc(C(F)(F)F)c(Cl)cn2)s1. The van der Waals surface area contributed by atoms with Crippen LogP contribution in [0.25, 0.3) is 0 Å². The Morgan fingerprint density at radius 3 is 2.64 bits per heavy atom. The molecule has 0 fully saturated rings. The van der Waals surface area contributed by atoms with E-state index in [9.17, 15) is 23.1 Å². The predicted molar refractivity (Wildman–Crippen MR) is 75.0 cm³/mol. The van der Waals surface area contributed by atoms with E-state index < -0.39 is 28.8 Å². The van der Waals surface area contributed by atoms with E-state index >= 15 is 0 Å². The smallest absolute Gasteiger partial charge is 0.386 e. The van der Waals surface area contributed by atoms with E-state index in [0.29, 0.717) is 11.1 Å². The molecule has 0 spiro atoms. The summed E-state index contributed by atoms with van der Waals surface area (Å²) in [6.45, 7) is 1.48. The normalized spacial score (nSPS) is 13.0. The lowest BCUT2D eigenvalue weighted by Crippen LogP contribution is -2.13. The van der Waals surface area contributed by atoms with Crippen molar-refractivity contribution in [1.29, 1.82) is 0 Å². The van der Waals surface area contributed by atoms with Gasteiger partial charge in [-0.05, 0) is 13.0 Å². The van der Waals surface area contributed by atoms with E-state index in [1.54, 1.807) is 0 Å². The third-order valence-corrected chi connectivity index (χ3v) is 3.97. The van der Waals surface area contributed by atoms with E-state index in [1.165, 1.54) is 13.1 Å². The number of carbonyl (C=O) groups excluding carboxylic acids is 1. The highest BCUT2D eigenvalue weighted by Crippen LogP contribution is 2.35. The lowest BCUT2D eigenvalue weighted by molar-refractivity contribution is -0.137. The van der Waals surface area contributed by atoms with Crippen LogP contribution in [0.2, 0.25) is 5.02 Å². The summed E-state index contributed by atoms with van der Waals surface area (Å²) in [6.07, 6.45) is -3.45. The molecule has 2 aromatic rings. The summed E-state index contributed by atoms with van der Waals surface area (Å²) in [7, 11) is 0. The van der Waals surface area contributed by atoms with Crippen LogP contribution in [0.1, 0.15) is 33.3 Å². The summed E-state index contributed by atoms with van der Waals surface area (Å²) in [6, 6.07) is 0.650. The number of alkyl halides is 3. The van der Waals surface area contributed by atoms with Crippen molar-refractivity contribution in [3.8, 4) is 0 Å².